The van der Waals surface area contributed by atoms with Crippen molar-refractivity contribution in [3.8, 4) is 0 Å². The Morgan fingerprint density at radius 3 is 2.76 bits per heavy atom. The summed E-state index contributed by atoms with van der Waals surface area (Å²) >= 11 is 0. The van der Waals surface area contributed by atoms with Gasteiger partial charge in [-0.1, -0.05) is 13.3 Å². The van der Waals surface area contributed by atoms with E-state index in [-0.39, 0.29) is 11.4 Å². The number of fused-ring (bicyclic) bond motifs is 1. The fraction of sp³-hybridized carbons (Fsp3) is 0.667. The van der Waals surface area contributed by atoms with Gasteiger partial charge < -0.3 is 9.64 Å². The number of hydrogen-bond donors (Lipinski definition) is 0. The fourth-order valence-corrected chi connectivity index (χ4v) is 4.07. The smallest absolute Gasteiger partial charge is 0.311 e. The summed E-state index contributed by atoms with van der Waals surface area (Å²) in [6, 6.07) is 2.17. The molecule has 1 aliphatic heterocycles. The van der Waals surface area contributed by atoms with Crippen molar-refractivity contribution < 1.29 is 9.53 Å². The number of rotatable bonds is 5. The van der Waals surface area contributed by atoms with E-state index in [9.17, 15) is 4.79 Å². The Morgan fingerprint density at radius 1 is 1.36 bits per heavy atom. The zero-order valence-corrected chi connectivity index (χ0v) is 14.9. The second-order valence-corrected chi connectivity index (χ2v) is 7.34. The predicted molar refractivity (Wildman–Crippen MR) is 93.6 cm³/mol. The predicted octanol–water partition coefficient (Wildman–Crippen LogP) is 2.56. The third-order valence-electron chi connectivity index (χ3n) is 5.67. The second-order valence-electron chi connectivity index (χ2n) is 7.34. The highest BCUT2D eigenvalue weighted by Crippen LogP contribution is 2.42. The van der Waals surface area contributed by atoms with Crippen molar-refractivity contribution in [3.63, 3.8) is 0 Å². The minimum absolute atomic E-state index is 0.0602. The quantitative estimate of drug-likeness (QED) is 0.777. The Labute approximate surface area is 147 Å². The van der Waals surface area contributed by atoms with Crippen molar-refractivity contribution >= 4 is 17.3 Å². The molecule has 134 valence electrons. The lowest BCUT2D eigenvalue weighted by atomic mass is 9.75. The highest BCUT2D eigenvalue weighted by atomic mass is 16.5. The van der Waals surface area contributed by atoms with Crippen molar-refractivity contribution in [2.24, 2.45) is 5.41 Å². The lowest BCUT2D eigenvalue weighted by Crippen LogP contribution is -2.45. The number of carbonyl (C=O) groups excluding carboxylic acids is 1. The molecule has 4 rings (SSSR count). The molecule has 0 aromatic carbocycles. The molecule has 0 N–H and O–H groups in total. The van der Waals surface area contributed by atoms with Gasteiger partial charge in [-0.25, -0.2) is 0 Å². The lowest BCUT2D eigenvalue weighted by Gasteiger charge is -2.40. The van der Waals surface area contributed by atoms with Crippen molar-refractivity contribution in [3.05, 3.63) is 18.1 Å². The number of nitrogens with zero attached hydrogens (tertiary/aromatic N) is 5. The normalized spacial score (nSPS) is 20.0. The number of anilines is 1. The first kappa shape index (κ1) is 16.3. The molecule has 1 saturated heterocycles. The van der Waals surface area contributed by atoms with Crippen molar-refractivity contribution in [2.45, 2.75) is 51.4 Å². The van der Waals surface area contributed by atoms with Crippen LogP contribution in [0.1, 0.15) is 57.1 Å². The molecule has 2 aliphatic rings. The van der Waals surface area contributed by atoms with Gasteiger partial charge in [-0.05, 0) is 38.2 Å². The van der Waals surface area contributed by atoms with Gasteiger partial charge in [0, 0.05) is 19.0 Å². The molecule has 0 radical (unpaired) electrons. The maximum Gasteiger partial charge on any atom is 0.311 e. The SMILES string of the molecule is CCCC1(C(=O)OC)CCN(c2cc(C3CC3)nn3cnnc23)CC1. The van der Waals surface area contributed by atoms with Crippen LogP contribution in [-0.4, -0.2) is 46.0 Å². The first-order valence-corrected chi connectivity index (χ1v) is 9.21. The molecular weight excluding hydrogens is 318 g/mol. The molecule has 2 fully saturated rings. The summed E-state index contributed by atoms with van der Waals surface area (Å²) in [5.74, 6) is 0.514. The highest BCUT2D eigenvalue weighted by molar-refractivity contribution is 5.77. The number of esters is 1. The topological polar surface area (TPSA) is 72.6 Å². The minimum atomic E-state index is -0.337. The van der Waals surface area contributed by atoms with Gasteiger partial charge in [0.15, 0.2) is 0 Å². The van der Waals surface area contributed by atoms with E-state index < -0.39 is 0 Å². The Balaban J connectivity index is 1.61. The summed E-state index contributed by atoms with van der Waals surface area (Å²) < 4.78 is 6.90. The van der Waals surface area contributed by atoms with Crippen molar-refractivity contribution in [2.75, 3.05) is 25.1 Å². The maximum absolute atomic E-state index is 12.4. The van der Waals surface area contributed by atoms with Crippen LogP contribution < -0.4 is 4.90 Å². The average Bonchev–Trinajstić information content (AvgIpc) is 3.38. The first-order valence-electron chi connectivity index (χ1n) is 9.21. The van der Waals surface area contributed by atoms with E-state index in [2.05, 4.69) is 33.2 Å². The molecule has 0 amide bonds. The molecular formula is C18H25N5O2. The van der Waals surface area contributed by atoms with Crippen LogP contribution in [0.15, 0.2) is 12.4 Å². The molecule has 0 spiro atoms. The van der Waals surface area contributed by atoms with E-state index in [1.807, 2.05) is 0 Å². The average molecular weight is 343 g/mol. The zero-order valence-electron chi connectivity index (χ0n) is 14.9. The Kier molecular flexibility index (Phi) is 4.09. The van der Waals surface area contributed by atoms with Crippen LogP contribution in [-0.2, 0) is 9.53 Å². The lowest BCUT2D eigenvalue weighted by molar-refractivity contribution is -0.154. The Morgan fingerprint density at radius 2 is 2.12 bits per heavy atom. The summed E-state index contributed by atoms with van der Waals surface area (Å²) in [4.78, 5) is 14.7. The van der Waals surface area contributed by atoms with E-state index in [4.69, 9.17) is 4.74 Å². The van der Waals surface area contributed by atoms with Crippen molar-refractivity contribution in [1.29, 1.82) is 0 Å². The van der Waals surface area contributed by atoms with Gasteiger partial charge in [0.1, 0.15) is 6.33 Å². The highest BCUT2D eigenvalue weighted by Gasteiger charge is 2.42. The maximum atomic E-state index is 12.4. The van der Waals surface area contributed by atoms with E-state index in [0.717, 1.165) is 55.8 Å². The summed E-state index contributed by atoms with van der Waals surface area (Å²) in [5, 5.41) is 12.9. The molecule has 0 unspecified atom stereocenters. The number of piperidine rings is 1. The molecule has 3 heterocycles. The molecule has 2 aromatic heterocycles. The number of methoxy groups -OCH3 is 1. The standard InChI is InChI=1S/C18H25N5O2/c1-3-6-18(17(24)25-2)7-9-22(10-8-18)15-11-14(13-4-5-13)21-23-12-19-20-16(15)23/h11-13H,3-10H2,1-2H3. The molecule has 7 heteroatoms. The van der Waals surface area contributed by atoms with Gasteiger partial charge >= 0.3 is 5.97 Å². The largest absolute Gasteiger partial charge is 0.469 e. The molecule has 0 atom stereocenters. The van der Waals surface area contributed by atoms with Crippen LogP contribution in [0, 0.1) is 5.41 Å². The van der Waals surface area contributed by atoms with Crippen molar-refractivity contribution in [1.82, 2.24) is 19.8 Å². The van der Waals surface area contributed by atoms with Crippen LogP contribution in [0.5, 0.6) is 0 Å². The zero-order chi connectivity index (χ0) is 17.4. The van der Waals surface area contributed by atoms with E-state index in [1.54, 1.807) is 10.8 Å². The van der Waals surface area contributed by atoms with Gasteiger partial charge in [-0.2, -0.15) is 9.61 Å². The summed E-state index contributed by atoms with van der Waals surface area (Å²) in [6.07, 6.45) is 7.60. The molecule has 1 saturated carbocycles. The third-order valence-corrected chi connectivity index (χ3v) is 5.67. The van der Waals surface area contributed by atoms with Crippen LogP contribution in [0.2, 0.25) is 0 Å². The van der Waals surface area contributed by atoms with E-state index in [1.165, 1.54) is 20.0 Å². The number of ether oxygens (including phenoxy) is 1. The summed E-state index contributed by atoms with van der Waals surface area (Å²) in [5.41, 5.74) is 2.67. The Bertz CT molecular complexity index is 775. The minimum Gasteiger partial charge on any atom is -0.469 e. The summed E-state index contributed by atoms with van der Waals surface area (Å²) in [6.45, 7) is 3.78. The van der Waals surface area contributed by atoms with Gasteiger partial charge in [0.25, 0.3) is 0 Å². The number of carbonyl (C=O) groups is 1. The van der Waals surface area contributed by atoms with Crippen LogP contribution in [0.3, 0.4) is 0 Å². The summed E-state index contributed by atoms with van der Waals surface area (Å²) in [7, 11) is 1.50. The van der Waals surface area contributed by atoms with Crippen LogP contribution in [0.25, 0.3) is 5.65 Å². The van der Waals surface area contributed by atoms with Gasteiger partial charge in [0.2, 0.25) is 5.65 Å². The third kappa shape index (κ3) is 2.85. The number of hydrogen-bond acceptors (Lipinski definition) is 6. The fourth-order valence-electron chi connectivity index (χ4n) is 4.07. The molecule has 7 nitrogen and oxygen atoms in total. The second kappa shape index (κ2) is 6.28. The monoisotopic (exact) mass is 343 g/mol. The van der Waals surface area contributed by atoms with Gasteiger partial charge in [-0.3, -0.25) is 4.79 Å². The van der Waals surface area contributed by atoms with E-state index in [0.29, 0.717) is 5.92 Å². The van der Waals surface area contributed by atoms with Gasteiger partial charge in [0.05, 0.1) is 23.9 Å². The van der Waals surface area contributed by atoms with Gasteiger partial charge in [-0.15, -0.1) is 10.2 Å². The molecule has 0 bridgehead atoms. The van der Waals surface area contributed by atoms with E-state index >= 15 is 0 Å². The molecule has 2 aromatic rings. The number of aromatic nitrogens is 4. The Hall–Kier alpha value is -2.18. The first-order chi connectivity index (χ1) is 12.2. The van der Waals surface area contributed by atoms with Crippen LogP contribution in [0.4, 0.5) is 5.69 Å². The molecule has 1 aliphatic carbocycles. The molecule has 25 heavy (non-hydrogen) atoms. The van der Waals surface area contributed by atoms with Crippen LogP contribution >= 0.6 is 0 Å².